The van der Waals surface area contributed by atoms with Crippen molar-refractivity contribution in [2.45, 2.75) is 39.5 Å². The SMILES string of the molecule is CC(C)c1cccc(C(C)C)c1-c1cc(C(=N)O)c2c(C(=N)O)ccc3c4ccc(C(=O)O)c5c(C(=O)O)ccc(c1c23)c54. The van der Waals surface area contributed by atoms with Crippen LogP contribution in [0.25, 0.3) is 54.2 Å². The standard InChI is InChI=1S/C36H30N2O6/c1-15(2)17-6-5-7-18(16(3)4)27(17)25-14-26(34(38)40)30-22(33(37)39)11-8-20-19-9-12-23(35(41)42)31-24(36(43)44)13-10-21(28(19)31)29(25)32(20)30/h5-16H,1-4H3,(H2,37,39)(H2,38,40)(H,41,42)(H,43,44). The van der Waals surface area contributed by atoms with Crippen molar-refractivity contribution < 1.29 is 30.0 Å². The van der Waals surface area contributed by atoms with Gasteiger partial charge in [-0.25, -0.2) is 9.59 Å². The Labute approximate surface area is 252 Å². The lowest BCUT2D eigenvalue weighted by Gasteiger charge is -2.25. The van der Waals surface area contributed by atoms with Gasteiger partial charge in [0.15, 0.2) is 0 Å². The third kappa shape index (κ3) is 3.98. The number of nitrogens with one attached hydrogen (secondary N) is 2. The minimum absolute atomic E-state index is 0.0870. The van der Waals surface area contributed by atoms with Gasteiger partial charge in [-0.15, -0.1) is 0 Å². The van der Waals surface area contributed by atoms with E-state index in [1.54, 1.807) is 24.3 Å². The zero-order chi connectivity index (χ0) is 31.8. The lowest BCUT2D eigenvalue weighted by atomic mass is 9.78. The summed E-state index contributed by atoms with van der Waals surface area (Å²) in [6, 6.07) is 17.1. The lowest BCUT2D eigenvalue weighted by molar-refractivity contribution is 0.0695. The highest BCUT2D eigenvalue weighted by molar-refractivity contribution is 6.40. The summed E-state index contributed by atoms with van der Waals surface area (Å²) in [5.74, 6) is -3.81. The van der Waals surface area contributed by atoms with Gasteiger partial charge in [0.2, 0.25) is 11.8 Å². The van der Waals surface area contributed by atoms with Crippen molar-refractivity contribution in [1.82, 2.24) is 0 Å². The number of hydrogen-bond acceptors (Lipinski definition) is 4. The molecule has 0 bridgehead atoms. The van der Waals surface area contributed by atoms with Crippen LogP contribution in [0.2, 0.25) is 0 Å². The molecule has 0 amide bonds. The molecule has 0 aromatic heterocycles. The Morgan fingerprint density at radius 2 is 1.00 bits per heavy atom. The van der Waals surface area contributed by atoms with Crippen LogP contribution >= 0.6 is 0 Å². The van der Waals surface area contributed by atoms with Gasteiger partial charge in [0.25, 0.3) is 0 Å². The first-order valence-electron chi connectivity index (χ1n) is 14.2. The molecule has 0 unspecified atom stereocenters. The number of carboxylic acid groups (broad SMARTS) is 2. The Balaban J connectivity index is 2.05. The molecule has 0 aliphatic rings. The van der Waals surface area contributed by atoms with Crippen molar-refractivity contribution in [2.75, 3.05) is 0 Å². The Bertz CT molecular complexity index is 2200. The summed E-state index contributed by atoms with van der Waals surface area (Å²) >= 11 is 0. The predicted octanol–water partition coefficient (Wildman–Crippen LogP) is 8.81. The molecule has 6 N–H and O–H groups in total. The molecule has 44 heavy (non-hydrogen) atoms. The van der Waals surface area contributed by atoms with Crippen LogP contribution in [0, 0.1) is 10.8 Å². The molecule has 0 saturated carbocycles. The summed E-state index contributed by atoms with van der Waals surface area (Å²) < 4.78 is 0. The summed E-state index contributed by atoms with van der Waals surface area (Å²) in [6.07, 6.45) is 0. The third-order valence-corrected chi connectivity index (χ3v) is 8.62. The minimum Gasteiger partial charge on any atom is -0.493 e. The fourth-order valence-corrected chi connectivity index (χ4v) is 6.80. The molecule has 0 heterocycles. The first-order valence-corrected chi connectivity index (χ1v) is 14.2. The number of aliphatic hydroxyl groups is 2. The van der Waals surface area contributed by atoms with Gasteiger partial charge in [0.1, 0.15) is 0 Å². The number of hydrogen-bond donors (Lipinski definition) is 6. The van der Waals surface area contributed by atoms with Crippen molar-refractivity contribution in [1.29, 1.82) is 10.8 Å². The molecular formula is C36H30N2O6. The van der Waals surface area contributed by atoms with E-state index in [9.17, 15) is 30.0 Å². The predicted molar refractivity (Wildman–Crippen MR) is 174 cm³/mol. The molecule has 0 aliphatic heterocycles. The van der Waals surface area contributed by atoms with Crippen LogP contribution in [0.5, 0.6) is 0 Å². The van der Waals surface area contributed by atoms with Gasteiger partial charge in [-0.1, -0.05) is 64.1 Å². The Morgan fingerprint density at radius 1 is 0.545 bits per heavy atom. The van der Waals surface area contributed by atoms with Crippen LogP contribution in [-0.4, -0.2) is 44.2 Å². The number of carbonyl (C=O) groups is 2. The Morgan fingerprint density at radius 3 is 1.48 bits per heavy atom. The van der Waals surface area contributed by atoms with Gasteiger partial charge in [-0.2, -0.15) is 0 Å². The summed E-state index contributed by atoms with van der Waals surface area (Å²) in [5.41, 5.74) is 3.60. The fourth-order valence-electron chi connectivity index (χ4n) is 6.80. The van der Waals surface area contributed by atoms with Gasteiger partial charge in [0, 0.05) is 21.9 Å². The topological polar surface area (TPSA) is 163 Å². The zero-order valence-electron chi connectivity index (χ0n) is 24.5. The van der Waals surface area contributed by atoms with Crippen molar-refractivity contribution in [3.8, 4) is 11.1 Å². The molecule has 8 heteroatoms. The van der Waals surface area contributed by atoms with Crippen molar-refractivity contribution in [2.24, 2.45) is 0 Å². The number of carboxylic acids is 2. The smallest absolute Gasteiger partial charge is 0.336 e. The van der Waals surface area contributed by atoms with E-state index in [2.05, 4.69) is 27.7 Å². The van der Waals surface area contributed by atoms with Crippen LogP contribution in [0.3, 0.4) is 0 Å². The van der Waals surface area contributed by atoms with E-state index < -0.39 is 23.7 Å². The van der Waals surface area contributed by atoms with E-state index in [-0.39, 0.29) is 39.5 Å². The number of aliphatic hydroxyl groups excluding tert-OH is 2. The maximum atomic E-state index is 12.4. The van der Waals surface area contributed by atoms with Crippen LogP contribution in [0.15, 0.2) is 60.7 Å². The van der Waals surface area contributed by atoms with Crippen molar-refractivity contribution >= 4 is 66.8 Å². The zero-order valence-corrected chi connectivity index (χ0v) is 24.5. The van der Waals surface area contributed by atoms with E-state index >= 15 is 0 Å². The molecule has 0 spiro atoms. The Kier molecular flexibility index (Phi) is 6.54. The number of benzene rings is 6. The van der Waals surface area contributed by atoms with E-state index in [0.717, 1.165) is 16.7 Å². The molecule has 6 rings (SSSR count). The van der Waals surface area contributed by atoms with Gasteiger partial charge >= 0.3 is 11.9 Å². The van der Waals surface area contributed by atoms with Crippen LogP contribution < -0.4 is 0 Å². The molecule has 0 aliphatic carbocycles. The minimum atomic E-state index is -1.26. The molecule has 6 aromatic carbocycles. The second-order valence-corrected chi connectivity index (χ2v) is 11.8. The van der Waals surface area contributed by atoms with Crippen LogP contribution in [0.4, 0.5) is 0 Å². The molecule has 0 atom stereocenters. The van der Waals surface area contributed by atoms with E-state index in [1.807, 2.05) is 18.2 Å². The maximum Gasteiger partial charge on any atom is 0.336 e. The third-order valence-electron chi connectivity index (χ3n) is 8.62. The van der Waals surface area contributed by atoms with Gasteiger partial charge in [0.05, 0.1) is 11.1 Å². The first kappa shape index (κ1) is 28.6. The highest BCUT2D eigenvalue weighted by Gasteiger charge is 2.28. The first-order chi connectivity index (χ1) is 20.8. The van der Waals surface area contributed by atoms with Crippen LogP contribution in [0.1, 0.15) is 82.5 Å². The number of rotatable bonds is 7. The highest BCUT2D eigenvalue weighted by Crippen LogP contribution is 2.49. The molecule has 8 nitrogen and oxygen atoms in total. The maximum absolute atomic E-state index is 12.4. The summed E-state index contributed by atoms with van der Waals surface area (Å²) in [6.45, 7) is 8.32. The summed E-state index contributed by atoms with van der Waals surface area (Å²) in [4.78, 5) is 24.9. The van der Waals surface area contributed by atoms with Crippen molar-refractivity contribution in [3.63, 3.8) is 0 Å². The van der Waals surface area contributed by atoms with E-state index in [1.165, 1.54) is 18.2 Å². The number of aromatic carboxylic acids is 2. The molecule has 0 radical (unpaired) electrons. The second kappa shape index (κ2) is 10.1. The van der Waals surface area contributed by atoms with E-state index in [4.69, 9.17) is 10.8 Å². The van der Waals surface area contributed by atoms with Gasteiger partial charge in [-0.05, 0) is 90.7 Å². The average Bonchev–Trinajstić information content (AvgIpc) is 2.97. The summed E-state index contributed by atoms with van der Waals surface area (Å²) in [5, 5.41) is 61.9. The Hall–Kier alpha value is -5.50. The van der Waals surface area contributed by atoms with Gasteiger partial charge in [-0.3, -0.25) is 10.8 Å². The summed E-state index contributed by atoms with van der Waals surface area (Å²) in [7, 11) is 0. The molecule has 220 valence electrons. The molecule has 0 fully saturated rings. The van der Waals surface area contributed by atoms with Crippen molar-refractivity contribution in [3.05, 3.63) is 94.0 Å². The fraction of sp³-hybridized carbons (Fsp3) is 0.167. The monoisotopic (exact) mass is 586 g/mol. The normalized spacial score (nSPS) is 11.9. The lowest BCUT2D eigenvalue weighted by Crippen LogP contribution is -2.09. The van der Waals surface area contributed by atoms with Crippen LogP contribution in [-0.2, 0) is 0 Å². The second-order valence-electron chi connectivity index (χ2n) is 11.8. The molecular weight excluding hydrogens is 556 g/mol. The average molecular weight is 587 g/mol. The molecule has 6 aromatic rings. The largest absolute Gasteiger partial charge is 0.493 e. The number of fused-ring (bicyclic) bond motifs is 2. The van der Waals surface area contributed by atoms with Gasteiger partial charge < -0.3 is 20.4 Å². The quantitative estimate of drug-likeness (QED) is 0.0474. The molecule has 0 saturated heterocycles. The van der Waals surface area contributed by atoms with E-state index in [0.29, 0.717) is 43.3 Å². The highest BCUT2D eigenvalue weighted by atomic mass is 16.4.